The Hall–Kier alpha value is -3.69. The van der Waals surface area contributed by atoms with Gasteiger partial charge in [0.05, 0.1) is 34.0 Å². The summed E-state index contributed by atoms with van der Waals surface area (Å²) in [4.78, 5) is 32.3. The Morgan fingerprint density at radius 2 is 2.00 bits per heavy atom. The van der Waals surface area contributed by atoms with Gasteiger partial charge in [-0.05, 0) is 70.4 Å². The van der Waals surface area contributed by atoms with Crippen LogP contribution in [-0.4, -0.2) is 29.4 Å². The highest BCUT2D eigenvalue weighted by atomic mass is 79.9. The summed E-state index contributed by atoms with van der Waals surface area (Å²) >= 11 is 4.56. The topological polar surface area (TPSA) is 90.1 Å². The van der Waals surface area contributed by atoms with Crippen LogP contribution in [0.3, 0.4) is 0 Å². The van der Waals surface area contributed by atoms with E-state index in [0.717, 1.165) is 16.3 Å². The maximum Gasteiger partial charge on any atom is 0.338 e. The number of esters is 1. The van der Waals surface area contributed by atoms with E-state index in [1.54, 1.807) is 49.8 Å². The van der Waals surface area contributed by atoms with Gasteiger partial charge in [0, 0.05) is 5.56 Å². The Bertz CT molecular complexity index is 1770. The molecule has 0 spiro atoms. The number of aromatic hydroxyl groups is 1. The second kappa shape index (κ2) is 9.99. The lowest BCUT2D eigenvalue weighted by Crippen LogP contribution is -2.40. The Kier molecular flexibility index (Phi) is 6.74. The quantitative estimate of drug-likeness (QED) is 0.354. The van der Waals surface area contributed by atoms with Gasteiger partial charge in [-0.15, -0.1) is 0 Å². The molecule has 0 fully saturated rings. The molecule has 3 aromatic carbocycles. The van der Waals surface area contributed by atoms with Crippen LogP contribution in [0.15, 0.2) is 80.1 Å². The van der Waals surface area contributed by atoms with Gasteiger partial charge in [0.1, 0.15) is 17.5 Å². The van der Waals surface area contributed by atoms with E-state index in [1.165, 1.54) is 11.3 Å². The summed E-state index contributed by atoms with van der Waals surface area (Å²) in [5, 5.41) is 11.7. The minimum Gasteiger partial charge on any atom is -0.507 e. The van der Waals surface area contributed by atoms with Gasteiger partial charge in [-0.3, -0.25) is 9.36 Å². The zero-order valence-electron chi connectivity index (χ0n) is 20.3. The van der Waals surface area contributed by atoms with Crippen LogP contribution in [0.5, 0.6) is 11.5 Å². The molecule has 1 atom stereocenters. The van der Waals surface area contributed by atoms with Crippen molar-refractivity contribution >= 4 is 50.1 Å². The number of allylic oxidation sites excluding steroid dienone is 1. The number of ether oxygens (including phenoxy) is 2. The molecule has 0 saturated carbocycles. The maximum absolute atomic E-state index is 13.9. The number of carbonyl (C=O) groups is 1. The van der Waals surface area contributed by atoms with Gasteiger partial charge in [0.15, 0.2) is 4.80 Å². The summed E-state index contributed by atoms with van der Waals surface area (Å²) in [5.74, 6) is 0.133. The zero-order valence-corrected chi connectivity index (χ0v) is 22.7. The molecule has 1 aliphatic rings. The van der Waals surface area contributed by atoms with Crippen LogP contribution in [0, 0.1) is 0 Å². The van der Waals surface area contributed by atoms with Crippen LogP contribution in [0.1, 0.15) is 31.0 Å². The Balaban J connectivity index is 1.84. The fourth-order valence-corrected chi connectivity index (χ4v) is 6.01. The normalized spacial score (nSPS) is 15.5. The SMILES string of the molecule is CCOC(=O)C1=C(C)N=c2s/c(=C\c3ccc(O)c(Br)c3)c(=O)n2[C@H]1c1c(OC)ccc2ccccc12. The van der Waals surface area contributed by atoms with Crippen LogP contribution >= 0.6 is 27.3 Å². The second-order valence-corrected chi connectivity index (χ2v) is 10.3. The largest absolute Gasteiger partial charge is 0.507 e. The van der Waals surface area contributed by atoms with Crippen molar-refractivity contribution < 1.29 is 19.4 Å². The fraction of sp³-hybridized carbons (Fsp3) is 0.179. The molecule has 0 aliphatic carbocycles. The van der Waals surface area contributed by atoms with Crippen molar-refractivity contribution in [2.45, 2.75) is 19.9 Å². The smallest absolute Gasteiger partial charge is 0.338 e. The van der Waals surface area contributed by atoms with E-state index >= 15 is 0 Å². The fourth-order valence-electron chi connectivity index (χ4n) is 4.56. The lowest BCUT2D eigenvalue weighted by Gasteiger charge is -2.27. The van der Waals surface area contributed by atoms with Crippen LogP contribution in [0.2, 0.25) is 0 Å². The molecule has 1 aromatic heterocycles. The average molecular weight is 579 g/mol. The number of phenols is 1. The molecule has 1 N–H and O–H groups in total. The first-order valence-corrected chi connectivity index (χ1v) is 13.2. The Morgan fingerprint density at radius 3 is 2.73 bits per heavy atom. The number of thiazole rings is 1. The van der Waals surface area contributed by atoms with E-state index in [4.69, 9.17) is 9.47 Å². The molecule has 0 amide bonds. The molecule has 1 aliphatic heterocycles. The van der Waals surface area contributed by atoms with Crippen molar-refractivity contribution in [3.63, 3.8) is 0 Å². The first kappa shape index (κ1) is 25.0. The number of benzene rings is 3. The van der Waals surface area contributed by atoms with Crippen molar-refractivity contribution in [3.05, 3.63) is 101 Å². The Labute approximate surface area is 224 Å². The van der Waals surface area contributed by atoms with Crippen LogP contribution in [0.4, 0.5) is 0 Å². The molecular formula is C28H23BrN2O5S. The minimum atomic E-state index is -0.801. The van der Waals surface area contributed by atoms with Gasteiger partial charge >= 0.3 is 5.97 Å². The molecule has 0 bridgehead atoms. The molecule has 9 heteroatoms. The summed E-state index contributed by atoms with van der Waals surface area (Å²) in [6, 6.07) is 15.8. The minimum absolute atomic E-state index is 0.108. The van der Waals surface area contributed by atoms with E-state index < -0.39 is 12.0 Å². The third-order valence-electron chi connectivity index (χ3n) is 6.21. The number of hydrogen-bond donors (Lipinski definition) is 1. The number of carbonyl (C=O) groups excluding carboxylic acids is 1. The average Bonchev–Trinajstić information content (AvgIpc) is 3.19. The van der Waals surface area contributed by atoms with Crippen molar-refractivity contribution in [1.82, 2.24) is 4.57 Å². The van der Waals surface area contributed by atoms with E-state index in [9.17, 15) is 14.7 Å². The molecule has 0 unspecified atom stereocenters. The van der Waals surface area contributed by atoms with Gasteiger partial charge in [-0.1, -0.05) is 47.7 Å². The van der Waals surface area contributed by atoms with E-state index in [0.29, 0.717) is 36.4 Å². The molecular weight excluding hydrogens is 556 g/mol. The molecule has 7 nitrogen and oxygen atoms in total. The first-order chi connectivity index (χ1) is 17.8. The molecule has 5 rings (SSSR count). The number of rotatable bonds is 5. The maximum atomic E-state index is 13.9. The van der Waals surface area contributed by atoms with Gasteiger partial charge in [0.25, 0.3) is 5.56 Å². The standard InChI is InChI=1S/C28H23BrN2O5S/c1-4-36-27(34)23-15(2)30-28-31(26(33)22(37-28)14-16-9-11-20(32)19(29)13-16)25(23)24-18-8-6-5-7-17(18)10-12-21(24)35-3/h5-14,25,32H,4H2,1-3H3/b22-14-/t25-/m1/s1. The monoisotopic (exact) mass is 578 g/mol. The highest BCUT2D eigenvalue weighted by molar-refractivity contribution is 9.10. The molecule has 37 heavy (non-hydrogen) atoms. The number of nitrogens with zero attached hydrogens (tertiary/aromatic N) is 2. The summed E-state index contributed by atoms with van der Waals surface area (Å²) in [6.07, 6.45) is 1.74. The molecule has 2 heterocycles. The summed E-state index contributed by atoms with van der Waals surface area (Å²) < 4.78 is 13.7. The van der Waals surface area contributed by atoms with Crippen molar-refractivity contribution in [1.29, 1.82) is 0 Å². The van der Waals surface area contributed by atoms with Crippen LogP contribution < -0.4 is 19.6 Å². The number of aromatic nitrogens is 1. The Morgan fingerprint density at radius 1 is 1.22 bits per heavy atom. The predicted octanol–water partition coefficient (Wildman–Crippen LogP) is 4.43. The van der Waals surface area contributed by atoms with Crippen LogP contribution in [0.25, 0.3) is 16.8 Å². The number of phenolic OH excluding ortho intramolecular Hbond substituents is 1. The molecule has 4 aromatic rings. The summed E-state index contributed by atoms with van der Waals surface area (Å²) in [6.45, 7) is 3.69. The van der Waals surface area contributed by atoms with Gasteiger partial charge in [0.2, 0.25) is 0 Å². The van der Waals surface area contributed by atoms with Gasteiger partial charge in [-0.2, -0.15) is 0 Å². The van der Waals surface area contributed by atoms with Gasteiger partial charge < -0.3 is 14.6 Å². The highest BCUT2D eigenvalue weighted by Crippen LogP contribution is 2.40. The molecule has 0 saturated heterocycles. The third-order valence-corrected chi connectivity index (χ3v) is 7.83. The van der Waals surface area contributed by atoms with Crippen molar-refractivity contribution in [2.24, 2.45) is 4.99 Å². The van der Waals surface area contributed by atoms with Crippen molar-refractivity contribution in [2.75, 3.05) is 13.7 Å². The van der Waals surface area contributed by atoms with E-state index in [2.05, 4.69) is 20.9 Å². The molecule has 0 radical (unpaired) electrons. The lowest BCUT2D eigenvalue weighted by atomic mass is 9.90. The number of methoxy groups -OCH3 is 1. The number of hydrogen-bond acceptors (Lipinski definition) is 7. The van der Waals surface area contributed by atoms with Crippen LogP contribution in [-0.2, 0) is 9.53 Å². The van der Waals surface area contributed by atoms with Crippen molar-refractivity contribution in [3.8, 4) is 11.5 Å². The number of fused-ring (bicyclic) bond motifs is 2. The zero-order chi connectivity index (χ0) is 26.3. The lowest BCUT2D eigenvalue weighted by molar-refractivity contribution is -0.139. The van der Waals surface area contributed by atoms with E-state index in [-0.39, 0.29) is 17.9 Å². The van der Waals surface area contributed by atoms with Gasteiger partial charge in [-0.25, -0.2) is 9.79 Å². The summed E-state index contributed by atoms with van der Waals surface area (Å²) in [5.41, 5.74) is 1.91. The second-order valence-electron chi connectivity index (χ2n) is 8.42. The third kappa shape index (κ3) is 4.38. The summed E-state index contributed by atoms with van der Waals surface area (Å²) in [7, 11) is 1.57. The predicted molar refractivity (Wildman–Crippen MR) is 147 cm³/mol. The van der Waals surface area contributed by atoms with E-state index in [1.807, 2.05) is 36.4 Å². The molecule has 188 valence electrons. The number of halogens is 1. The first-order valence-electron chi connectivity index (χ1n) is 11.6. The highest BCUT2D eigenvalue weighted by Gasteiger charge is 2.36.